The van der Waals surface area contributed by atoms with E-state index in [1.807, 2.05) is 0 Å². The quantitative estimate of drug-likeness (QED) is 0.744. The minimum absolute atomic E-state index is 0.705. The number of hydrogen-bond donors (Lipinski definition) is 0. The zero-order chi connectivity index (χ0) is 9.97. The summed E-state index contributed by atoms with van der Waals surface area (Å²) in [5.74, 6) is 0.705. The van der Waals surface area contributed by atoms with Crippen molar-refractivity contribution in [2.24, 2.45) is 0 Å². The predicted molar refractivity (Wildman–Crippen MR) is 61.7 cm³/mol. The average Bonchev–Trinajstić information content (AvgIpc) is 2.19. The molecule has 1 nitrogen and oxygen atoms in total. The van der Waals surface area contributed by atoms with E-state index in [1.54, 1.807) is 0 Å². The Balaban J connectivity index is 2.22. The van der Waals surface area contributed by atoms with E-state index in [-0.39, 0.29) is 0 Å². The fourth-order valence-corrected chi connectivity index (χ4v) is 2.58. The van der Waals surface area contributed by atoms with Crippen LogP contribution in [0.4, 0.5) is 0 Å². The highest BCUT2D eigenvalue weighted by atomic mass is 79.9. The summed E-state index contributed by atoms with van der Waals surface area (Å²) in [5.41, 5.74) is 2.89. The van der Waals surface area contributed by atoms with Crippen LogP contribution in [0.5, 0.6) is 0 Å². The first-order chi connectivity index (χ1) is 6.77. The maximum absolute atomic E-state index is 5.38. The normalized spacial score (nSPS) is 18.4. The van der Waals surface area contributed by atoms with E-state index in [2.05, 4.69) is 41.1 Å². The highest BCUT2D eigenvalue weighted by molar-refractivity contribution is 9.10. The van der Waals surface area contributed by atoms with Crippen molar-refractivity contribution in [1.29, 1.82) is 0 Å². The summed E-state index contributed by atoms with van der Waals surface area (Å²) in [4.78, 5) is 0. The van der Waals surface area contributed by atoms with Gasteiger partial charge in [-0.15, -0.1) is 0 Å². The largest absolute Gasteiger partial charge is 0.381 e. The molecule has 0 spiro atoms. The Labute approximate surface area is 93.6 Å². The van der Waals surface area contributed by atoms with Crippen molar-refractivity contribution in [3.63, 3.8) is 0 Å². The monoisotopic (exact) mass is 254 g/mol. The molecule has 14 heavy (non-hydrogen) atoms. The molecule has 76 valence electrons. The number of rotatable bonds is 1. The summed E-state index contributed by atoms with van der Waals surface area (Å²) < 4.78 is 6.55. The Morgan fingerprint density at radius 3 is 2.64 bits per heavy atom. The van der Waals surface area contributed by atoms with Gasteiger partial charge >= 0.3 is 0 Å². The molecule has 0 saturated carbocycles. The fourth-order valence-electron chi connectivity index (χ4n) is 2.11. The summed E-state index contributed by atoms with van der Waals surface area (Å²) in [6.45, 7) is 4.02. The summed E-state index contributed by atoms with van der Waals surface area (Å²) in [6.07, 6.45) is 2.34. The fraction of sp³-hybridized carbons (Fsp3) is 0.500. The first kappa shape index (κ1) is 10.2. The van der Waals surface area contributed by atoms with Gasteiger partial charge in [-0.05, 0) is 48.9 Å². The molecule has 0 atom stereocenters. The Bertz CT molecular complexity index is 316. The lowest BCUT2D eigenvalue weighted by Crippen LogP contribution is -2.14. The molecule has 2 rings (SSSR count). The number of halogens is 1. The van der Waals surface area contributed by atoms with Crippen molar-refractivity contribution in [1.82, 2.24) is 0 Å². The van der Waals surface area contributed by atoms with Gasteiger partial charge in [0.25, 0.3) is 0 Å². The van der Waals surface area contributed by atoms with E-state index in [4.69, 9.17) is 4.74 Å². The van der Waals surface area contributed by atoms with E-state index < -0.39 is 0 Å². The lowest BCUT2D eigenvalue weighted by Gasteiger charge is -2.23. The van der Waals surface area contributed by atoms with Gasteiger partial charge in [-0.25, -0.2) is 0 Å². The van der Waals surface area contributed by atoms with E-state index in [1.165, 1.54) is 28.4 Å². The summed E-state index contributed by atoms with van der Waals surface area (Å²) >= 11 is 3.50. The molecule has 1 heterocycles. The maximum Gasteiger partial charge on any atom is 0.0471 e. The van der Waals surface area contributed by atoms with Gasteiger partial charge in [0.2, 0.25) is 0 Å². The lowest BCUT2D eigenvalue weighted by molar-refractivity contribution is 0.0852. The smallest absolute Gasteiger partial charge is 0.0471 e. The van der Waals surface area contributed by atoms with Crippen LogP contribution < -0.4 is 0 Å². The van der Waals surface area contributed by atoms with Crippen molar-refractivity contribution in [3.05, 3.63) is 33.8 Å². The molecule has 1 aromatic carbocycles. The Hall–Kier alpha value is -0.340. The molecule has 1 fully saturated rings. The highest BCUT2D eigenvalue weighted by Gasteiger charge is 2.17. The SMILES string of the molecule is Cc1cc(Br)ccc1C1CCOCC1. The molecule has 1 aromatic rings. The predicted octanol–water partition coefficient (Wildman–Crippen LogP) is 3.65. The molecule has 0 bridgehead atoms. The molecule has 0 unspecified atom stereocenters. The minimum atomic E-state index is 0.705. The van der Waals surface area contributed by atoms with Crippen LogP contribution in [0.25, 0.3) is 0 Å². The van der Waals surface area contributed by atoms with Crippen LogP contribution in [0.1, 0.15) is 29.9 Å². The molecule has 1 aliphatic rings. The molecule has 0 aromatic heterocycles. The number of hydrogen-bond acceptors (Lipinski definition) is 1. The van der Waals surface area contributed by atoms with Crippen LogP contribution in [0.15, 0.2) is 22.7 Å². The third-order valence-corrected chi connectivity index (χ3v) is 3.39. The minimum Gasteiger partial charge on any atom is -0.381 e. The van der Waals surface area contributed by atoms with E-state index in [9.17, 15) is 0 Å². The number of aryl methyl sites for hydroxylation is 1. The molecule has 0 N–H and O–H groups in total. The van der Waals surface area contributed by atoms with E-state index in [0.717, 1.165) is 13.2 Å². The maximum atomic E-state index is 5.38. The van der Waals surface area contributed by atoms with Crippen LogP contribution in [0.2, 0.25) is 0 Å². The highest BCUT2D eigenvalue weighted by Crippen LogP contribution is 2.30. The van der Waals surface area contributed by atoms with Crippen LogP contribution in [-0.4, -0.2) is 13.2 Å². The van der Waals surface area contributed by atoms with Gasteiger partial charge in [-0.3, -0.25) is 0 Å². The standard InChI is InChI=1S/C12H15BrO/c1-9-8-11(13)2-3-12(9)10-4-6-14-7-5-10/h2-3,8,10H,4-7H2,1H3. The molecule has 0 aliphatic carbocycles. The van der Waals surface area contributed by atoms with Crippen LogP contribution in [0, 0.1) is 6.92 Å². The third-order valence-electron chi connectivity index (χ3n) is 2.89. The summed E-state index contributed by atoms with van der Waals surface area (Å²) in [6, 6.07) is 6.58. The first-order valence-electron chi connectivity index (χ1n) is 5.11. The van der Waals surface area contributed by atoms with Crippen molar-refractivity contribution >= 4 is 15.9 Å². The molecule has 0 radical (unpaired) electrons. The van der Waals surface area contributed by atoms with E-state index in [0.29, 0.717) is 5.92 Å². The van der Waals surface area contributed by atoms with Crippen molar-refractivity contribution in [2.45, 2.75) is 25.7 Å². The van der Waals surface area contributed by atoms with Gasteiger partial charge in [0.1, 0.15) is 0 Å². The molecular formula is C12H15BrO. The van der Waals surface area contributed by atoms with Crippen molar-refractivity contribution < 1.29 is 4.74 Å². The van der Waals surface area contributed by atoms with E-state index >= 15 is 0 Å². The van der Waals surface area contributed by atoms with Crippen LogP contribution in [0.3, 0.4) is 0 Å². The topological polar surface area (TPSA) is 9.23 Å². The van der Waals surface area contributed by atoms with Gasteiger partial charge < -0.3 is 4.74 Å². The lowest BCUT2D eigenvalue weighted by atomic mass is 9.89. The molecule has 1 saturated heterocycles. The second-order valence-electron chi connectivity index (χ2n) is 3.89. The Morgan fingerprint density at radius 2 is 2.00 bits per heavy atom. The van der Waals surface area contributed by atoms with Gasteiger partial charge in [0, 0.05) is 17.7 Å². The zero-order valence-corrected chi connectivity index (χ0v) is 10.0. The number of benzene rings is 1. The Kier molecular flexibility index (Phi) is 3.24. The number of ether oxygens (including phenoxy) is 1. The van der Waals surface area contributed by atoms with Crippen LogP contribution in [-0.2, 0) is 4.74 Å². The van der Waals surface area contributed by atoms with Crippen molar-refractivity contribution in [3.8, 4) is 0 Å². The van der Waals surface area contributed by atoms with Crippen molar-refractivity contribution in [2.75, 3.05) is 13.2 Å². The van der Waals surface area contributed by atoms with Gasteiger partial charge in [0.15, 0.2) is 0 Å². The van der Waals surface area contributed by atoms with Gasteiger partial charge in [0.05, 0.1) is 0 Å². The molecule has 2 heteroatoms. The van der Waals surface area contributed by atoms with Crippen LogP contribution >= 0.6 is 15.9 Å². The Morgan fingerprint density at radius 1 is 1.29 bits per heavy atom. The summed E-state index contributed by atoms with van der Waals surface area (Å²) in [7, 11) is 0. The van der Waals surface area contributed by atoms with Gasteiger partial charge in [-0.1, -0.05) is 22.0 Å². The first-order valence-corrected chi connectivity index (χ1v) is 5.90. The molecule has 0 amide bonds. The third kappa shape index (κ3) is 2.18. The van der Waals surface area contributed by atoms with Gasteiger partial charge in [-0.2, -0.15) is 0 Å². The second-order valence-corrected chi connectivity index (χ2v) is 4.80. The summed E-state index contributed by atoms with van der Waals surface area (Å²) in [5, 5.41) is 0. The second kappa shape index (κ2) is 4.45. The molecular weight excluding hydrogens is 240 g/mol. The average molecular weight is 255 g/mol. The molecule has 1 aliphatic heterocycles. The zero-order valence-electron chi connectivity index (χ0n) is 8.42.